The van der Waals surface area contributed by atoms with Gasteiger partial charge in [-0.3, -0.25) is 4.90 Å². The number of likely N-dealkylation sites (tertiary alicyclic amines) is 1. The average Bonchev–Trinajstić information content (AvgIpc) is 2.32. The van der Waals surface area contributed by atoms with Gasteiger partial charge >= 0.3 is 0 Å². The summed E-state index contributed by atoms with van der Waals surface area (Å²) >= 11 is 0. The molecule has 1 N–H and O–H groups in total. The summed E-state index contributed by atoms with van der Waals surface area (Å²) in [6, 6.07) is 10.1. The molecule has 0 saturated carbocycles. The number of rotatable bonds is 1. The molecule has 2 rings (SSSR count). The first-order valence-corrected chi connectivity index (χ1v) is 6.87. The van der Waals surface area contributed by atoms with Crippen LogP contribution in [-0.2, 0) is 5.60 Å². The predicted molar refractivity (Wildman–Crippen MR) is 82.7 cm³/mol. The van der Waals surface area contributed by atoms with Gasteiger partial charge in [-0.15, -0.1) is 12.4 Å². The van der Waals surface area contributed by atoms with Gasteiger partial charge in [0.05, 0.1) is 5.60 Å². The smallest absolute Gasteiger partial charge is 0.0946 e. The van der Waals surface area contributed by atoms with Crippen molar-refractivity contribution in [3.8, 4) is 0 Å². The van der Waals surface area contributed by atoms with E-state index in [2.05, 4.69) is 32.6 Å². The normalized spacial score (nSPS) is 28.8. The van der Waals surface area contributed by atoms with E-state index < -0.39 is 5.60 Å². The molecule has 1 aromatic carbocycles. The molecule has 3 heteroatoms. The highest BCUT2D eigenvalue weighted by atomic mass is 35.5. The molecule has 0 radical (unpaired) electrons. The molecule has 2 atom stereocenters. The summed E-state index contributed by atoms with van der Waals surface area (Å²) in [6.07, 6.45) is 0.815. The van der Waals surface area contributed by atoms with Crippen LogP contribution in [0.25, 0.3) is 0 Å². The van der Waals surface area contributed by atoms with Gasteiger partial charge in [0, 0.05) is 24.5 Å². The van der Waals surface area contributed by atoms with Crippen LogP contribution in [0.15, 0.2) is 30.3 Å². The van der Waals surface area contributed by atoms with Crippen LogP contribution in [0.1, 0.15) is 39.7 Å². The van der Waals surface area contributed by atoms with Crippen LogP contribution >= 0.6 is 12.4 Å². The second-order valence-corrected chi connectivity index (χ2v) is 6.56. The summed E-state index contributed by atoms with van der Waals surface area (Å²) in [5.41, 5.74) is 0.584. The number of halogens is 1. The first-order chi connectivity index (χ1) is 8.34. The molecule has 0 spiro atoms. The third-order valence-corrected chi connectivity index (χ3v) is 4.29. The zero-order valence-corrected chi connectivity index (χ0v) is 13.2. The summed E-state index contributed by atoms with van der Waals surface area (Å²) in [5.74, 6) is 0.257. The van der Waals surface area contributed by atoms with Crippen molar-refractivity contribution in [2.24, 2.45) is 5.92 Å². The van der Waals surface area contributed by atoms with Crippen molar-refractivity contribution >= 4 is 12.4 Å². The highest BCUT2D eigenvalue weighted by Crippen LogP contribution is 2.38. The molecule has 1 saturated heterocycles. The van der Waals surface area contributed by atoms with E-state index in [4.69, 9.17) is 0 Å². The maximum atomic E-state index is 11.0. The van der Waals surface area contributed by atoms with Crippen molar-refractivity contribution in [1.82, 2.24) is 4.90 Å². The van der Waals surface area contributed by atoms with E-state index in [9.17, 15) is 5.11 Å². The van der Waals surface area contributed by atoms with Crippen molar-refractivity contribution in [2.45, 2.75) is 45.3 Å². The molecule has 0 bridgehead atoms. The molecule has 1 fully saturated rings. The van der Waals surface area contributed by atoms with E-state index in [1.807, 2.05) is 30.3 Å². The number of hydrogen-bond acceptors (Lipinski definition) is 2. The monoisotopic (exact) mass is 283 g/mol. The summed E-state index contributed by atoms with van der Waals surface area (Å²) in [5, 5.41) is 11.0. The molecule has 0 amide bonds. The van der Waals surface area contributed by atoms with Gasteiger partial charge in [0.1, 0.15) is 0 Å². The Morgan fingerprint density at radius 1 is 1.21 bits per heavy atom. The van der Waals surface area contributed by atoms with Crippen LogP contribution in [0.2, 0.25) is 0 Å². The lowest BCUT2D eigenvalue weighted by molar-refractivity contribution is -0.0884. The van der Waals surface area contributed by atoms with Crippen LogP contribution in [0.4, 0.5) is 0 Å². The molecule has 1 aliphatic rings. The summed E-state index contributed by atoms with van der Waals surface area (Å²) in [7, 11) is 0. The molecular formula is C16H26ClNO. The Hall–Kier alpha value is -0.570. The van der Waals surface area contributed by atoms with Crippen LogP contribution in [0.5, 0.6) is 0 Å². The minimum absolute atomic E-state index is 0. The first-order valence-electron chi connectivity index (χ1n) is 6.87. The maximum Gasteiger partial charge on any atom is 0.0946 e. The Balaban J connectivity index is 0.00000180. The molecule has 2 nitrogen and oxygen atoms in total. The summed E-state index contributed by atoms with van der Waals surface area (Å²) < 4.78 is 0. The minimum Gasteiger partial charge on any atom is -0.385 e. The van der Waals surface area contributed by atoms with Crippen molar-refractivity contribution in [3.05, 3.63) is 35.9 Å². The Morgan fingerprint density at radius 3 is 2.26 bits per heavy atom. The number of aliphatic hydroxyl groups is 1. The number of nitrogens with zero attached hydrogens (tertiary/aromatic N) is 1. The molecule has 19 heavy (non-hydrogen) atoms. The Bertz CT molecular complexity index is 401. The van der Waals surface area contributed by atoms with Gasteiger partial charge in [-0.2, -0.15) is 0 Å². The van der Waals surface area contributed by atoms with E-state index in [1.165, 1.54) is 0 Å². The third-order valence-electron chi connectivity index (χ3n) is 4.29. The van der Waals surface area contributed by atoms with E-state index in [0.29, 0.717) is 0 Å². The van der Waals surface area contributed by atoms with E-state index in [0.717, 1.165) is 25.1 Å². The van der Waals surface area contributed by atoms with Gasteiger partial charge < -0.3 is 5.11 Å². The fourth-order valence-corrected chi connectivity index (χ4v) is 2.89. The molecule has 1 aliphatic heterocycles. The highest BCUT2D eigenvalue weighted by molar-refractivity contribution is 5.85. The van der Waals surface area contributed by atoms with Gasteiger partial charge in [-0.1, -0.05) is 37.3 Å². The fraction of sp³-hybridized carbons (Fsp3) is 0.625. The predicted octanol–water partition coefficient (Wildman–Crippen LogP) is 3.44. The standard InChI is InChI=1S/C16H25NO.ClH/c1-13-12-17(15(2,3)4)11-10-16(13,18)14-8-6-5-7-9-14;/h5-9,13,18H,10-12H2,1-4H3;1H. The van der Waals surface area contributed by atoms with Gasteiger partial charge in [-0.25, -0.2) is 0 Å². The lowest BCUT2D eigenvalue weighted by Gasteiger charge is -2.48. The van der Waals surface area contributed by atoms with Gasteiger partial charge in [-0.05, 0) is 32.8 Å². The van der Waals surface area contributed by atoms with E-state index >= 15 is 0 Å². The quantitative estimate of drug-likeness (QED) is 0.853. The van der Waals surface area contributed by atoms with Gasteiger partial charge in [0.15, 0.2) is 0 Å². The van der Waals surface area contributed by atoms with Gasteiger partial charge in [0.25, 0.3) is 0 Å². The molecule has 0 aromatic heterocycles. The van der Waals surface area contributed by atoms with Gasteiger partial charge in [0.2, 0.25) is 0 Å². The molecule has 1 heterocycles. The molecule has 1 aromatic rings. The minimum atomic E-state index is -0.664. The second-order valence-electron chi connectivity index (χ2n) is 6.56. The SMILES string of the molecule is CC1CN(C(C)(C)C)CCC1(O)c1ccccc1.Cl. The average molecular weight is 284 g/mol. The van der Waals surface area contributed by atoms with Crippen molar-refractivity contribution < 1.29 is 5.11 Å². The molecule has 108 valence electrons. The molecule has 2 unspecified atom stereocenters. The van der Waals surface area contributed by atoms with Crippen molar-refractivity contribution in [1.29, 1.82) is 0 Å². The fourth-order valence-electron chi connectivity index (χ4n) is 2.89. The Kier molecular flexibility index (Phi) is 5.05. The first kappa shape index (κ1) is 16.5. The van der Waals surface area contributed by atoms with Crippen LogP contribution in [-0.4, -0.2) is 28.6 Å². The van der Waals surface area contributed by atoms with Crippen molar-refractivity contribution in [2.75, 3.05) is 13.1 Å². The van der Waals surface area contributed by atoms with E-state index in [1.54, 1.807) is 0 Å². The lowest BCUT2D eigenvalue weighted by Crippen LogP contribution is -2.54. The topological polar surface area (TPSA) is 23.5 Å². The Morgan fingerprint density at radius 2 is 1.79 bits per heavy atom. The second kappa shape index (κ2) is 5.82. The molecular weight excluding hydrogens is 258 g/mol. The van der Waals surface area contributed by atoms with Crippen molar-refractivity contribution in [3.63, 3.8) is 0 Å². The van der Waals surface area contributed by atoms with E-state index in [-0.39, 0.29) is 23.9 Å². The summed E-state index contributed by atoms with van der Waals surface area (Å²) in [4.78, 5) is 2.47. The highest BCUT2D eigenvalue weighted by Gasteiger charge is 2.42. The number of benzene rings is 1. The number of hydrogen-bond donors (Lipinski definition) is 1. The summed E-state index contributed by atoms with van der Waals surface area (Å²) in [6.45, 7) is 10.8. The molecule has 0 aliphatic carbocycles. The third kappa shape index (κ3) is 3.31. The zero-order chi connectivity index (χ0) is 13.4. The number of piperidine rings is 1. The maximum absolute atomic E-state index is 11.0. The van der Waals surface area contributed by atoms with Crippen LogP contribution in [0.3, 0.4) is 0 Å². The van der Waals surface area contributed by atoms with Crippen LogP contribution < -0.4 is 0 Å². The van der Waals surface area contributed by atoms with Crippen LogP contribution in [0, 0.1) is 5.92 Å². The lowest BCUT2D eigenvalue weighted by atomic mass is 9.76. The largest absolute Gasteiger partial charge is 0.385 e. The Labute approximate surface area is 123 Å². The zero-order valence-electron chi connectivity index (χ0n) is 12.4.